The number of carbonyl (C=O) groups excluding carboxylic acids is 1. The number of rotatable bonds is 11. The molecule has 49 heavy (non-hydrogen) atoms. The van der Waals surface area contributed by atoms with Crippen molar-refractivity contribution >= 4 is 16.9 Å². The Bertz CT molecular complexity index is 1370. The summed E-state index contributed by atoms with van der Waals surface area (Å²) in [6, 6.07) is 10.9. The highest BCUT2D eigenvalue weighted by Gasteiger charge is 2.55. The molecule has 3 heterocycles. The predicted octanol–water partition coefficient (Wildman–Crippen LogP) is -3.58. The van der Waals surface area contributed by atoms with Crippen LogP contribution in [0.3, 0.4) is 0 Å². The highest BCUT2D eigenvalue weighted by Crippen LogP contribution is 2.34. The van der Waals surface area contributed by atoms with Gasteiger partial charge in [-0.05, 0) is 29.8 Å². The minimum Gasteiger partial charge on any atom is -0.410 e. The van der Waals surface area contributed by atoms with Gasteiger partial charge in [0.2, 0.25) is 0 Å². The van der Waals surface area contributed by atoms with E-state index in [4.69, 9.17) is 33.2 Å². The second kappa shape index (κ2) is 16.6. The van der Waals surface area contributed by atoms with Gasteiger partial charge >= 0.3 is 6.09 Å². The molecular weight excluding hydrogens is 658 g/mol. The Hall–Kier alpha value is -2.63. The lowest BCUT2D eigenvalue weighted by Crippen LogP contribution is -2.70. The van der Waals surface area contributed by atoms with Crippen molar-refractivity contribution in [3.05, 3.63) is 42.5 Å². The van der Waals surface area contributed by atoms with Gasteiger partial charge in [0, 0.05) is 6.61 Å². The number of fused-ring (bicyclic) bond motifs is 1. The maximum Gasteiger partial charge on any atom is 0.413 e. The monoisotopic (exact) mass is 701 g/mol. The first-order valence-electron chi connectivity index (χ1n) is 15.8. The number of benzene rings is 2. The van der Waals surface area contributed by atoms with E-state index in [2.05, 4.69) is 5.32 Å². The van der Waals surface area contributed by atoms with Crippen molar-refractivity contribution in [2.75, 3.05) is 26.4 Å². The fraction of sp³-hybridized carbons (Fsp3) is 0.645. The van der Waals surface area contributed by atoms with Gasteiger partial charge in [-0.1, -0.05) is 30.3 Å². The second-order valence-corrected chi connectivity index (χ2v) is 11.8. The molecule has 18 heteroatoms. The molecule has 18 nitrogen and oxygen atoms in total. The van der Waals surface area contributed by atoms with Crippen molar-refractivity contribution in [2.45, 2.75) is 99.0 Å². The number of aliphatic hydroxyl groups excluding tert-OH is 9. The van der Waals surface area contributed by atoms with E-state index in [-0.39, 0.29) is 12.4 Å². The van der Waals surface area contributed by atoms with E-state index >= 15 is 0 Å². The van der Waals surface area contributed by atoms with Gasteiger partial charge in [0.05, 0.1) is 19.8 Å². The molecule has 0 aliphatic carbocycles. The normalized spacial score (nSPS) is 39.8. The van der Waals surface area contributed by atoms with Crippen LogP contribution in [0.15, 0.2) is 42.5 Å². The van der Waals surface area contributed by atoms with Crippen molar-refractivity contribution in [3.63, 3.8) is 0 Å². The molecule has 274 valence electrons. The minimum absolute atomic E-state index is 0.0196. The maximum absolute atomic E-state index is 13.4. The molecule has 3 aliphatic rings. The Morgan fingerprint density at radius 1 is 0.673 bits per heavy atom. The summed E-state index contributed by atoms with van der Waals surface area (Å²) in [4.78, 5) is 13.4. The van der Waals surface area contributed by atoms with Crippen molar-refractivity contribution < 1.29 is 83.9 Å². The number of hydrogen-bond donors (Lipinski definition) is 10. The summed E-state index contributed by atoms with van der Waals surface area (Å²) in [5.74, 6) is 0.162. The number of nitrogens with one attached hydrogen (secondary N) is 1. The zero-order valence-electron chi connectivity index (χ0n) is 26.3. The van der Waals surface area contributed by atoms with Crippen LogP contribution in [-0.4, -0.2) is 171 Å². The Morgan fingerprint density at radius 3 is 1.76 bits per heavy atom. The summed E-state index contributed by atoms with van der Waals surface area (Å²) >= 11 is 0. The van der Waals surface area contributed by atoms with Crippen LogP contribution in [0.4, 0.5) is 4.79 Å². The Labute approximate surface area is 279 Å². The molecule has 3 aliphatic heterocycles. The summed E-state index contributed by atoms with van der Waals surface area (Å²) in [5, 5.41) is 97.0. The van der Waals surface area contributed by atoms with Gasteiger partial charge in [-0.3, -0.25) is 0 Å². The Morgan fingerprint density at radius 2 is 1.20 bits per heavy atom. The zero-order chi connectivity index (χ0) is 35.4. The summed E-state index contributed by atoms with van der Waals surface area (Å²) in [5.41, 5.74) is 0. The Kier molecular flexibility index (Phi) is 12.7. The average molecular weight is 702 g/mol. The van der Waals surface area contributed by atoms with E-state index < -0.39 is 118 Å². The zero-order valence-corrected chi connectivity index (χ0v) is 26.3. The number of aliphatic hydroxyl groups is 9. The minimum atomic E-state index is -1.92. The van der Waals surface area contributed by atoms with E-state index in [1.807, 2.05) is 24.3 Å². The van der Waals surface area contributed by atoms with Crippen LogP contribution in [-0.2, 0) is 28.4 Å². The molecule has 2 aromatic carbocycles. The maximum atomic E-state index is 13.4. The smallest absolute Gasteiger partial charge is 0.410 e. The summed E-state index contributed by atoms with van der Waals surface area (Å²) < 4.78 is 40.3. The first-order valence-corrected chi connectivity index (χ1v) is 15.8. The highest BCUT2D eigenvalue weighted by atomic mass is 16.8. The van der Waals surface area contributed by atoms with E-state index in [0.717, 1.165) is 10.8 Å². The number of amides is 1. The molecular formula is C31H43NO17. The number of ether oxygens (including phenoxy) is 7. The van der Waals surface area contributed by atoms with Crippen LogP contribution < -0.4 is 10.1 Å². The fourth-order valence-corrected chi connectivity index (χ4v) is 6.01. The lowest BCUT2D eigenvalue weighted by atomic mass is 9.94. The van der Waals surface area contributed by atoms with Crippen molar-refractivity contribution in [2.24, 2.45) is 0 Å². The molecule has 2 aromatic rings. The first kappa shape index (κ1) is 37.6. The molecule has 1 amide bonds. The molecule has 0 saturated carbocycles. The molecule has 0 aromatic heterocycles. The van der Waals surface area contributed by atoms with Crippen LogP contribution in [0, 0.1) is 0 Å². The SMILES string of the molecule is CCO[C@@H]1O[C@H](CO)[C@@H](O[C@@H]2O[C@@H](CO)[C@H](O)[C@H](O)[C@H]2O)[C@H](O[C@@H]2O[C@@H](CO)[C@H](O)[C@H](O)[C@H]2O)[C@H]1NC(=O)Oc1ccc2ccccc2c1. The summed E-state index contributed by atoms with van der Waals surface area (Å²) in [6.07, 6.45) is -24.3. The molecule has 15 atom stereocenters. The third-order valence-electron chi connectivity index (χ3n) is 8.65. The molecule has 5 rings (SSSR count). The topological polar surface area (TPSA) is 276 Å². The largest absolute Gasteiger partial charge is 0.413 e. The van der Waals surface area contributed by atoms with Crippen LogP contribution in [0.25, 0.3) is 10.8 Å². The van der Waals surface area contributed by atoms with Gasteiger partial charge in [-0.2, -0.15) is 0 Å². The summed E-state index contributed by atoms with van der Waals surface area (Å²) in [6.45, 7) is -0.715. The first-order chi connectivity index (χ1) is 23.5. The van der Waals surface area contributed by atoms with Gasteiger partial charge in [0.15, 0.2) is 18.9 Å². The standard InChI is InChI=1S/C31H43NO17/c1-2-43-28-19(32-31(42)44-15-8-7-13-5-3-4-6-14(13)9-15)27(49-30-25(41)23(39)21(37)17(11-34)46-30)26(18(12-35)47-28)48-29-24(40)22(38)20(36)16(10-33)45-29/h3-9,16-30,33-41H,2,10-12H2,1H3,(H,32,42)/t16-,17-,18+,19+,20-,21-,22-,23-,24+,25+,26+,27+,28+,29-,30-/m0/s1. The van der Waals surface area contributed by atoms with Gasteiger partial charge in [-0.25, -0.2) is 4.79 Å². The van der Waals surface area contributed by atoms with Crippen molar-refractivity contribution in [1.29, 1.82) is 0 Å². The molecule has 3 fully saturated rings. The van der Waals surface area contributed by atoms with Crippen molar-refractivity contribution in [1.82, 2.24) is 5.32 Å². The number of hydrogen-bond acceptors (Lipinski definition) is 17. The molecule has 0 spiro atoms. The lowest BCUT2D eigenvalue weighted by Gasteiger charge is -2.50. The summed E-state index contributed by atoms with van der Waals surface area (Å²) in [7, 11) is 0. The van der Waals surface area contributed by atoms with Crippen LogP contribution in [0.5, 0.6) is 5.75 Å². The average Bonchev–Trinajstić information content (AvgIpc) is 3.10. The molecule has 10 N–H and O–H groups in total. The molecule has 0 unspecified atom stereocenters. The van der Waals surface area contributed by atoms with E-state index in [1.54, 1.807) is 25.1 Å². The number of carbonyl (C=O) groups is 1. The third kappa shape index (κ3) is 8.14. The molecule has 0 radical (unpaired) electrons. The molecule has 0 bridgehead atoms. The molecule has 3 saturated heterocycles. The fourth-order valence-electron chi connectivity index (χ4n) is 6.01. The van der Waals surface area contributed by atoms with Gasteiger partial charge in [0.1, 0.15) is 78.9 Å². The lowest BCUT2D eigenvalue weighted by molar-refractivity contribution is -0.374. The van der Waals surface area contributed by atoms with E-state index in [9.17, 15) is 50.8 Å². The predicted molar refractivity (Wildman–Crippen MR) is 162 cm³/mol. The van der Waals surface area contributed by atoms with E-state index in [1.165, 1.54) is 0 Å². The van der Waals surface area contributed by atoms with Crippen molar-refractivity contribution in [3.8, 4) is 5.75 Å². The quantitative estimate of drug-likeness (QED) is 0.108. The van der Waals surface area contributed by atoms with Gasteiger partial charge in [0.25, 0.3) is 0 Å². The van der Waals surface area contributed by atoms with Gasteiger partial charge in [-0.15, -0.1) is 0 Å². The van der Waals surface area contributed by atoms with Crippen LogP contribution in [0.1, 0.15) is 6.92 Å². The Balaban J connectivity index is 1.48. The third-order valence-corrected chi connectivity index (χ3v) is 8.65. The second-order valence-electron chi connectivity index (χ2n) is 11.8. The van der Waals surface area contributed by atoms with Crippen LogP contribution in [0.2, 0.25) is 0 Å². The van der Waals surface area contributed by atoms with E-state index in [0.29, 0.717) is 0 Å². The van der Waals surface area contributed by atoms with Gasteiger partial charge < -0.3 is 84.4 Å². The highest BCUT2D eigenvalue weighted by molar-refractivity contribution is 5.84. The van der Waals surface area contributed by atoms with Crippen LogP contribution >= 0.6 is 0 Å².